The molecule has 1 N–H and O–H groups in total. The zero-order chi connectivity index (χ0) is 14.9. The molecule has 0 saturated heterocycles. The van der Waals surface area contributed by atoms with Crippen LogP contribution < -0.4 is 0 Å². The molecule has 0 amide bonds. The summed E-state index contributed by atoms with van der Waals surface area (Å²) in [5.74, 6) is 0.815. The van der Waals surface area contributed by atoms with Gasteiger partial charge < -0.3 is 5.11 Å². The molecular weight excluding hydrogens is 254 g/mol. The van der Waals surface area contributed by atoms with Crippen LogP contribution in [0, 0.1) is 17.8 Å². The maximum absolute atomic E-state index is 11.3. The van der Waals surface area contributed by atoms with E-state index >= 15 is 0 Å². The first-order valence-electron chi connectivity index (χ1n) is 7.57. The van der Waals surface area contributed by atoms with Crippen LogP contribution in [0.5, 0.6) is 0 Å². The molecule has 1 aromatic rings. The van der Waals surface area contributed by atoms with E-state index in [1.165, 1.54) is 6.42 Å². The third-order valence-electron chi connectivity index (χ3n) is 4.51. The Kier molecular flexibility index (Phi) is 4.45. The summed E-state index contributed by atoms with van der Waals surface area (Å²) in [6.07, 6.45) is 4.03. The van der Waals surface area contributed by atoms with Crippen LogP contribution in [0.4, 0.5) is 0 Å². The zero-order valence-electron chi connectivity index (χ0n) is 12.8. The second kappa shape index (κ2) is 5.94. The molecule has 112 valence electrons. The van der Waals surface area contributed by atoms with Gasteiger partial charge >= 0.3 is 5.97 Å². The molecule has 0 radical (unpaired) electrons. The highest BCUT2D eigenvalue weighted by Gasteiger charge is 2.30. The van der Waals surface area contributed by atoms with Crippen molar-refractivity contribution in [3.8, 4) is 0 Å². The first-order chi connectivity index (χ1) is 9.40. The Labute approximate surface area is 120 Å². The highest BCUT2D eigenvalue weighted by molar-refractivity contribution is 5.86. The molecule has 1 aromatic heterocycles. The molecule has 5 nitrogen and oxygen atoms in total. The van der Waals surface area contributed by atoms with Crippen molar-refractivity contribution in [2.45, 2.75) is 59.4 Å². The molecule has 1 saturated carbocycles. The molecule has 5 heteroatoms. The highest BCUT2D eigenvalue weighted by Crippen LogP contribution is 2.36. The van der Waals surface area contributed by atoms with Gasteiger partial charge in [-0.1, -0.05) is 32.9 Å². The summed E-state index contributed by atoms with van der Waals surface area (Å²) in [7, 11) is 0. The summed E-state index contributed by atoms with van der Waals surface area (Å²) in [6.45, 7) is 8.75. The van der Waals surface area contributed by atoms with E-state index in [9.17, 15) is 9.90 Å². The van der Waals surface area contributed by atoms with Crippen molar-refractivity contribution in [3.63, 3.8) is 0 Å². The molecule has 2 rings (SSSR count). The Bertz CT molecular complexity index is 481. The predicted octanol–water partition coefficient (Wildman–Crippen LogP) is 3.17. The molecule has 0 aromatic carbocycles. The molecular formula is C15H25N3O2. The lowest BCUT2D eigenvalue weighted by molar-refractivity contribution is 0.0688. The second-order valence-electron chi connectivity index (χ2n) is 6.65. The summed E-state index contributed by atoms with van der Waals surface area (Å²) in [5, 5.41) is 17.3. The fourth-order valence-electron chi connectivity index (χ4n) is 3.09. The molecule has 20 heavy (non-hydrogen) atoms. The van der Waals surface area contributed by atoms with E-state index in [4.69, 9.17) is 0 Å². The van der Waals surface area contributed by atoms with Crippen molar-refractivity contribution >= 4 is 5.97 Å². The Morgan fingerprint density at radius 3 is 2.60 bits per heavy atom. The minimum absolute atomic E-state index is 0.130. The van der Waals surface area contributed by atoms with E-state index in [1.54, 1.807) is 0 Å². The molecule has 0 bridgehead atoms. The minimum Gasteiger partial charge on any atom is -0.476 e. The number of hydrogen-bond acceptors (Lipinski definition) is 3. The number of hydrogen-bond donors (Lipinski definition) is 1. The molecule has 3 unspecified atom stereocenters. The van der Waals surface area contributed by atoms with Gasteiger partial charge in [-0.15, -0.1) is 5.10 Å². The third kappa shape index (κ3) is 3.02. The summed E-state index contributed by atoms with van der Waals surface area (Å²) in [4.78, 5) is 11.3. The van der Waals surface area contributed by atoms with E-state index < -0.39 is 5.97 Å². The van der Waals surface area contributed by atoms with Crippen molar-refractivity contribution in [2.75, 3.05) is 0 Å². The lowest BCUT2D eigenvalue weighted by Crippen LogP contribution is -2.25. The van der Waals surface area contributed by atoms with Crippen LogP contribution >= 0.6 is 0 Å². The van der Waals surface area contributed by atoms with E-state index in [2.05, 4.69) is 38.0 Å². The largest absolute Gasteiger partial charge is 0.476 e. The highest BCUT2D eigenvalue weighted by atomic mass is 16.4. The van der Waals surface area contributed by atoms with Crippen LogP contribution in [0.15, 0.2) is 0 Å². The number of aromatic nitrogens is 3. The molecule has 1 heterocycles. The topological polar surface area (TPSA) is 68.0 Å². The van der Waals surface area contributed by atoms with Gasteiger partial charge in [0.2, 0.25) is 0 Å². The SMILES string of the molecule is CC(C)Cc1c(C(=O)O)nnn1C1CCC(C)C(C)C1. The smallest absolute Gasteiger partial charge is 0.358 e. The fourth-order valence-corrected chi connectivity index (χ4v) is 3.09. The van der Waals surface area contributed by atoms with Gasteiger partial charge in [0.1, 0.15) is 0 Å². The summed E-state index contributed by atoms with van der Waals surface area (Å²) >= 11 is 0. The number of carboxylic acids is 1. The average molecular weight is 279 g/mol. The number of carbonyl (C=O) groups is 1. The number of aromatic carboxylic acids is 1. The molecule has 3 atom stereocenters. The van der Waals surface area contributed by atoms with E-state index in [1.807, 2.05) is 4.68 Å². The summed E-state index contributed by atoms with van der Waals surface area (Å²) in [6, 6.07) is 0.301. The molecule has 0 aliphatic heterocycles. The van der Waals surface area contributed by atoms with Crippen LogP contribution in [0.3, 0.4) is 0 Å². The van der Waals surface area contributed by atoms with Gasteiger partial charge in [-0.3, -0.25) is 0 Å². The zero-order valence-corrected chi connectivity index (χ0v) is 12.8. The standard InChI is InChI=1S/C15H25N3O2/c1-9(2)7-13-14(15(19)20)16-17-18(13)12-6-5-10(3)11(4)8-12/h9-12H,5-8H2,1-4H3,(H,19,20). The number of carboxylic acid groups (broad SMARTS) is 1. The van der Waals surface area contributed by atoms with Gasteiger partial charge in [0.05, 0.1) is 11.7 Å². The Hall–Kier alpha value is -1.39. The first-order valence-corrected chi connectivity index (χ1v) is 7.57. The van der Waals surface area contributed by atoms with Gasteiger partial charge in [-0.05, 0) is 43.4 Å². The van der Waals surface area contributed by atoms with Gasteiger partial charge in [0.15, 0.2) is 5.69 Å². The average Bonchev–Trinajstić information content (AvgIpc) is 2.75. The van der Waals surface area contributed by atoms with Crippen LogP contribution in [0.2, 0.25) is 0 Å². The minimum atomic E-state index is -0.968. The third-order valence-corrected chi connectivity index (χ3v) is 4.51. The van der Waals surface area contributed by atoms with E-state index in [-0.39, 0.29) is 5.69 Å². The fraction of sp³-hybridized carbons (Fsp3) is 0.800. The maximum atomic E-state index is 11.3. The monoisotopic (exact) mass is 279 g/mol. The Morgan fingerprint density at radius 2 is 2.05 bits per heavy atom. The van der Waals surface area contributed by atoms with E-state index in [0.717, 1.165) is 30.9 Å². The molecule has 1 aliphatic carbocycles. The van der Waals surface area contributed by atoms with E-state index in [0.29, 0.717) is 17.9 Å². The maximum Gasteiger partial charge on any atom is 0.358 e. The van der Waals surface area contributed by atoms with Crippen LogP contribution in [0.25, 0.3) is 0 Å². The van der Waals surface area contributed by atoms with Gasteiger partial charge in [0.25, 0.3) is 0 Å². The van der Waals surface area contributed by atoms with Crippen LogP contribution in [0.1, 0.15) is 69.2 Å². The van der Waals surface area contributed by atoms with Crippen LogP contribution in [-0.4, -0.2) is 26.1 Å². The van der Waals surface area contributed by atoms with Crippen molar-refractivity contribution in [3.05, 3.63) is 11.4 Å². The second-order valence-corrected chi connectivity index (χ2v) is 6.65. The predicted molar refractivity (Wildman–Crippen MR) is 76.7 cm³/mol. The molecule has 0 spiro atoms. The van der Waals surface area contributed by atoms with Gasteiger partial charge in [0, 0.05) is 0 Å². The van der Waals surface area contributed by atoms with Gasteiger partial charge in [-0.25, -0.2) is 9.48 Å². The van der Waals surface area contributed by atoms with Crippen molar-refractivity contribution in [1.29, 1.82) is 0 Å². The number of rotatable bonds is 4. The van der Waals surface area contributed by atoms with Crippen LogP contribution in [-0.2, 0) is 6.42 Å². The normalized spacial score (nSPS) is 26.9. The van der Waals surface area contributed by atoms with Crippen molar-refractivity contribution in [1.82, 2.24) is 15.0 Å². The first kappa shape index (κ1) is 15.0. The molecule has 1 fully saturated rings. The lowest BCUT2D eigenvalue weighted by Gasteiger charge is -2.32. The lowest BCUT2D eigenvalue weighted by atomic mass is 9.79. The Balaban J connectivity index is 2.29. The summed E-state index contributed by atoms with van der Waals surface area (Å²) in [5.41, 5.74) is 0.921. The molecule has 1 aliphatic rings. The van der Waals surface area contributed by atoms with Crippen molar-refractivity contribution < 1.29 is 9.90 Å². The quantitative estimate of drug-likeness (QED) is 0.919. The summed E-state index contributed by atoms with van der Waals surface area (Å²) < 4.78 is 1.89. The number of nitrogens with zero attached hydrogens (tertiary/aromatic N) is 3. The van der Waals surface area contributed by atoms with Gasteiger partial charge in [-0.2, -0.15) is 0 Å². The van der Waals surface area contributed by atoms with Crippen molar-refractivity contribution in [2.24, 2.45) is 17.8 Å². The Morgan fingerprint density at radius 1 is 1.35 bits per heavy atom.